The quantitative estimate of drug-likeness (QED) is 0.469. The molecule has 4 aromatic rings. The zero-order chi connectivity index (χ0) is 21.1. The van der Waals surface area contributed by atoms with Gasteiger partial charge in [0.1, 0.15) is 4.21 Å². The molecule has 0 aliphatic heterocycles. The fourth-order valence-electron chi connectivity index (χ4n) is 2.90. The zero-order valence-corrected chi connectivity index (χ0v) is 17.6. The summed E-state index contributed by atoms with van der Waals surface area (Å²) < 4.78 is 29.3. The highest BCUT2D eigenvalue weighted by Crippen LogP contribution is 2.22. The molecule has 0 saturated carbocycles. The second-order valence-electron chi connectivity index (χ2n) is 6.51. The van der Waals surface area contributed by atoms with E-state index in [4.69, 9.17) is 0 Å². The molecule has 0 fully saturated rings. The van der Waals surface area contributed by atoms with Crippen molar-refractivity contribution < 1.29 is 13.2 Å². The second kappa shape index (κ2) is 8.13. The van der Waals surface area contributed by atoms with Crippen molar-refractivity contribution in [1.29, 1.82) is 0 Å². The van der Waals surface area contributed by atoms with Gasteiger partial charge in [0, 0.05) is 28.8 Å². The molecule has 2 heterocycles. The van der Waals surface area contributed by atoms with Crippen molar-refractivity contribution in [3.8, 4) is 5.69 Å². The molecule has 1 amide bonds. The normalized spacial score (nSPS) is 11.2. The zero-order valence-electron chi connectivity index (χ0n) is 15.9. The molecular weight excluding hydrogens is 420 g/mol. The Morgan fingerprint density at radius 3 is 2.53 bits per heavy atom. The predicted molar refractivity (Wildman–Crippen MR) is 118 cm³/mol. The molecular formula is C21H18N4O3S2. The van der Waals surface area contributed by atoms with E-state index in [0.29, 0.717) is 16.9 Å². The lowest BCUT2D eigenvalue weighted by molar-refractivity contribution is 0.102. The van der Waals surface area contributed by atoms with Crippen LogP contribution in [0.3, 0.4) is 0 Å². The molecule has 152 valence electrons. The molecule has 0 unspecified atom stereocenters. The number of hydrogen-bond donors (Lipinski definition) is 2. The third-order valence-electron chi connectivity index (χ3n) is 4.32. The van der Waals surface area contributed by atoms with Crippen LogP contribution in [-0.2, 0) is 10.0 Å². The molecule has 2 aromatic heterocycles. The fourth-order valence-corrected chi connectivity index (χ4v) is 4.95. The Bertz CT molecular complexity index is 1300. The van der Waals surface area contributed by atoms with Gasteiger partial charge >= 0.3 is 0 Å². The van der Waals surface area contributed by atoms with Crippen LogP contribution in [-0.4, -0.2) is 24.1 Å². The van der Waals surface area contributed by atoms with Crippen molar-refractivity contribution in [2.45, 2.75) is 11.1 Å². The van der Waals surface area contributed by atoms with Crippen LogP contribution in [0.1, 0.15) is 16.1 Å². The first-order chi connectivity index (χ1) is 14.4. The van der Waals surface area contributed by atoms with E-state index < -0.39 is 10.0 Å². The van der Waals surface area contributed by atoms with E-state index in [1.54, 1.807) is 46.6 Å². The molecule has 0 aliphatic carbocycles. The maximum atomic E-state index is 12.7. The number of nitrogens with one attached hydrogen (secondary N) is 2. The molecule has 2 N–H and O–H groups in total. The minimum atomic E-state index is -3.68. The molecule has 0 radical (unpaired) electrons. The highest BCUT2D eigenvalue weighted by Gasteiger charge is 2.16. The van der Waals surface area contributed by atoms with Gasteiger partial charge in [0.05, 0.1) is 5.69 Å². The van der Waals surface area contributed by atoms with Crippen LogP contribution >= 0.6 is 11.3 Å². The van der Waals surface area contributed by atoms with E-state index in [1.807, 2.05) is 31.2 Å². The van der Waals surface area contributed by atoms with E-state index in [9.17, 15) is 13.2 Å². The van der Waals surface area contributed by atoms with Crippen LogP contribution in [0.15, 0.2) is 82.5 Å². The van der Waals surface area contributed by atoms with E-state index in [1.165, 1.54) is 12.1 Å². The lowest BCUT2D eigenvalue weighted by Crippen LogP contribution is -2.14. The number of sulfonamides is 1. The summed E-state index contributed by atoms with van der Waals surface area (Å²) in [6, 6.07) is 18.8. The standard InChI is InChI=1S/C21H18N4O3S2/c1-15-10-11-22-25(15)19-8-3-6-17(14-19)23-21(26)16-5-2-7-18(13-16)24-30(27,28)20-9-4-12-29-20/h2-14,24H,1H3,(H,23,26). The summed E-state index contributed by atoms with van der Waals surface area (Å²) in [6.45, 7) is 1.95. The Labute approximate surface area is 178 Å². The second-order valence-corrected chi connectivity index (χ2v) is 9.36. The number of hydrogen-bond acceptors (Lipinski definition) is 5. The Balaban J connectivity index is 1.52. The van der Waals surface area contributed by atoms with Crippen molar-refractivity contribution in [3.05, 3.63) is 89.6 Å². The van der Waals surface area contributed by atoms with Crippen molar-refractivity contribution >= 4 is 38.6 Å². The van der Waals surface area contributed by atoms with Gasteiger partial charge in [0.15, 0.2) is 0 Å². The van der Waals surface area contributed by atoms with Gasteiger partial charge in [-0.15, -0.1) is 11.3 Å². The maximum absolute atomic E-state index is 12.7. The molecule has 9 heteroatoms. The topological polar surface area (TPSA) is 93.1 Å². The predicted octanol–water partition coefficient (Wildman–Crippen LogP) is 4.30. The summed E-state index contributed by atoms with van der Waals surface area (Å²) in [5.74, 6) is -0.346. The van der Waals surface area contributed by atoms with Crippen LogP contribution < -0.4 is 10.0 Å². The van der Waals surface area contributed by atoms with Crippen molar-refractivity contribution in [3.63, 3.8) is 0 Å². The highest BCUT2D eigenvalue weighted by molar-refractivity contribution is 7.94. The van der Waals surface area contributed by atoms with Gasteiger partial charge in [-0.2, -0.15) is 5.10 Å². The van der Waals surface area contributed by atoms with Gasteiger partial charge < -0.3 is 5.32 Å². The number of amides is 1. The Morgan fingerprint density at radius 2 is 1.80 bits per heavy atom. The van der Waals surface area contributed by atoms with Crippen molar-refractivity contribution in [2.75, 3.05) is 10.0 Å². The summed E-state index contributed by atoms with van der Waals surface area (Å²) >= 11 is 1.13. The minimum Gasteiger partial charge on any atom is -0.322 e. The molecule has 7 nitrogen and oxygen atoms in total. The lowest BCUT2D eigenvalue weighted by atomic mass is 10.2. The monoisotopic (exact) mass is 438 g/mol. The summed E-state index contributed by atoms with van der Waals surface area (Å²) in [6.07, 6.45) is 1.71. The molecule has 2 aromatic carbocycles. The number of nitrogens with zero attached hydrogens (tertiary/aromatic N) is 2. The Hall–Kier alpha value is -3.43. The smallest absolute Gasteiger partial charge is 0.271 e. The Morgan fingerprint density at radius 1 is 1.00 bits per heavy atom. The first-order valence-corrected chi connectivity index (χ1v) is 11.4. The van der Waals surface area contributed by atoms with Gasteiger partial charge in [-0.05, 0) is 60.8 Å². The number of anilines is 2. The largest absolute Gasteiger partial charge is 0.322 e. The lowest BCUT2D eigenvalue weighted by Gasteiger charge is -2.10. The number of aryl methyl sites for hydroxylation is 1. The van der Waals surface area contributed by atoms with Gasteiger partial charge in [-0.3, -0.25) is 9.52 Å². The number of rotatable bonds is 6. The number of aromatic nitrogens is 2. The number of thiophene rings is 1. The van der Waals surface area contributed by atoms with Crippen LogP contribution in [0.2, 0.25) is 0 Å². The van der Waals surface area contributed by atoms with Gasteiger partial charge in [0.2, 0.25) is 0 Å². The summed E-state index contributed by atoms with van der Waals surface area (Å²) in [4.78, 5) is 12.7. The third-order valence-corrected chi connectivity index (χ3v) is 7.10. The first-order valence-electron chi connectivity index (χ1n) is 9.01. The number of benzene rings is 2. The van der Waals surface area contributed by atoms with Crippen LogP contribution in [0.4, 0.5) is 11.4 Å². The SMILES string of the molecule is Cc1ccnn1-c1cccc(NC(=O)c2cccc(NS(=O)(=O)c3cccs3)c2)c1. The van der Waals surface area contributed by atoms with E-state index >= 15 is 0 Å². The van der Waals surface area contributed by atoms with Gasteiger partial charge in [-0.1, -0.05) is 18.2 Å². The minimum absolute atomic E-state index is 0.211. The maximum Gasteiger partial charge on any atom is 0.271 e. The van der Waals surface area contributed by atoms with Crippen molar-refractivity contribution in [1.82, 2.24) is 9.78 Å². The Kier molecular flexibility index (Phi) is 5.39. The fraction of sp³-hybridized carbons (Fsp3) is 0.0476. The van der Waals surface area contributed by atoms with Crippen LogP contribution in [0.5, 0.6) is 0 Å². The summed E-state index contributed by atoms with van der Waals surface area (Å²) in [5, 5.41) is 8.81. The molecule has 30 heavy (non-hydrogen) atoms. The average molecular weight is 439 g/mol. The van der Waals surface area contributed by atoms with E-state index in [2.05, 4.69) is 15.1 Å². The first kappa shape index (κ1) is 19.9. The average Bonchev–Trinajstić information content (AvgIpc) is 3.40. The molecule has 0 aliphatic rings. The molecule has 0 spiro atoms. The van der Waals surface area contributed by atoms with Crippen molar-refractivity contribution in [2.24, 2.45) is 0 Å². The van der Waals surface area contributed by atoms with Crippen LogP contribution in [0, 0.1) is 6.92 Å². The van der Waals surface area contributed by atoms with Gasteiger partial charge in [0.25, 0.3) is 15.9 Å². The van der Waals surface area contributed by atoms with E-state index in [0.717, 1.165) is 22.7 Å². The van der Waals surface area contributed by atoms with E-state index in [-0.39, 0.29) is 10.1 Å². The van der Waals surface area contributed by atoms with Gasteiger partial charge in [-0.25, -0.2) is 13.1 Å². The number of carbonyl (C=O) groups is 1. The third kappa shape index (κ3) is 4.27. The molecule has 0 bridgehead atoms. The number of carbonyl (C=O) groups excluding carboxylic acids is 1. The van der Waals surface area contributed by atoms with Crippen LogP contribution in [0.25, 0.3) is 5.69 Å². The summed E-state index contributed by atoms with van der Waals surface area (Å²) in [7, 11) is -3.68. The molecule has 0 atom stereocenters. The highest BCUT2D eigenvalue weighted by atomic mass is 32.2. The molecule has 0 saturated heterocycles. The molecule has 4 rings (SSSR count). The summed E-state index contributed by atoms with van der Waals surface area (Å²) in [5.41, 5.74) is 3.06.